The van der Waals surface area contributed by atoms with E-state index in [-0.39, 0.29) is 24.7 Å². The second-order valence-corrected chi connectivity index (χ2v) is 9.87. The number of hydrogen-bond acceptors (Lipinski definition) is 11. The monoisotopic (exact) mass is 599 g/mol. The molecule has 0 aromatic heterocycles. The Morgan fingerprint density at radius 2 is 0.976 bits per heavy atom. The van der Waals surface area contributed by atoms with E-state index in [9.17, 15) is 13.2 Å². The van der Waals surface area contributed by atoms with Crippen LogP contribution < -0.4 is 5.32 Å². The highest BCUT2D eigenvalue weighted by molar-refractivity contribution is 7.86. The van der Waals surface area contributed by atoms with Gasteiger partial charge in [-0.3, -0.25) is 4.18 Å². The number of carbonyl (C=O) groups excluding carboxylic acids is 1. The molecule has 2 aromatic rings. The zero-order valence-electron chi connectivity index (χ0n) is 23.3. The molecule has 0 aliphatic carbocycles. The van der Waals surface area contributed by atoms with Crippen LogP contribution in [0.2, 0.25) is 0 Å². The third-order valence-electron chi connectivity index (χ3n) is 5.09. The van der Waals surface area contributed by atoms with Crippen LogP contribution in [-0.4, -0.2) is 107 Å². The molecule has 1 N–H and O–H groups in total. The molecule has 0 fully saturated rings. The minimum absolute atomic E-state index is 0.0630. The van der Waals surface area contributed by atoms with Crippen LogP contribution in [0.15, 0.2) is 65.6 Å². The number of amides is 1. The first kappa shape index (κ1) is 34.6. The van der Waals surface area contributed by atoms with Gasteiger partial charge in [-0.15, -0.1) is 0 Å². The minimum Gasteiger partial charge on any atom is -0.445 e. The Hall–Kier alpha value is -2.62. The van der Waals surface area contributed by atoms with Gasteiger partial charge in [0.05, 0.1) is 90.8 Å². The van der Waals surface area contributed by atoms with Crippen molar-refractivity contribution in [2.75, 3.05) is 92.4 Å². The molecule has 0 radical (unpaired) electrons. The van der Waals surface area contributed by atoms with Gasteiger partial charge in [-0.25, -0.2) is 4.79 Å². The first-order valence-electron chi connectivity index (χ1n) is 13.4. The predicted octanol–water partition coefficient (Wildman–Crippen LogP) is 2.42. The van der Waals surface area contributed by atoms with Crippen LogP contribution in [0.3, 0.4) is 0 Å². The molecule has 41 heavy (non-hydrogen) atoms. The first-order chi connectivity index (χ1) is 20.1. The van der Waals surface area contributed by atoms with Crippen LogP contribution in [0.1, 0.15) is 5.56 Å². The van der Waals surface area contributed by atoms with Gasteiger partial charge in [-0.05, 0) is 17.7 Å². The standard InChI is InChI=1S/C28H41NO11S/c30-28(39-25-26-7-3-1-4-8-26)29-11-12-33-13-14-34-15-16-35-17-18-36-19-20-37-21-22-38-23-24-40-41(31,32)27-9-5-2-6-10-27/h1-10H,11-25H2,(H,29,30). The lowest BCUT2D eigenvalue weighted by atomic mass is 10.2. The summed E-state index contributed by atoms with van der Waals surface area (Å²) in [7, 11) is -3.76. The molecule has 0 unspecified atom stereocenters. The van der Waals surface area contributed by atoms with Gasteiger partial charge < -0.3 is 38.5 Å². The molecular formula is C28H41NO11S. The topological polar surface area (TPSA) is 137 Å². The zero-order valence-corrected chi connectivity index (χ0v) is 24.1. The van der Waals surface area contributed by atoms with E-state index in [0.29, 0.717) is 79.2 Å². The van der Waals surface area contributed by atoms with Crippen LogP contribution in [0.5, 0.6) is 0 Å². The quantitative estimate of drug-likeness (QED) is 0.133. The highest BCUT2D eigenvalue weighted by Crippen LogP contribution is 2.10. The van der Waals surface area contributed by atoms with E-state index in [1.54, 1.807) is 18.2 Å². The molecule has 0 saturated heterocycles. The summed E-state index contributed by atoms with van der Waals surface area (Å²) in [6, 6.07) is 17.4. The number of carbonyl (C=O) groups is 1. The first-order valence-corrected chi connectivity index (χ1v) is 14.8. The Morgan fingerprint density at radius 3 is 1.46 bits per heavy atom. The van der Waals surface area contributed by atoms with Gasteiger partial charge in [0.2, 0.25) is 0 Å². The van der Waals surface area contributed by atoms with Gasteiger partial charge in [0.1, 0.15) is 6.61 Å². The lowest BCUT2D eigenvalue weighted by molar-refractivity contribution is -0.0175. The van der Waals surface area contributed by atoms with Gasteiger partial charge in [-0.2, -0.15) is 8.42 Å². The Kier molecular flexibility index (Phi) is 19.4. The Morgan fingerprint density at radius 1 is 0.561 bits per heavy atom. The summed E-state index contributed by atoms with van der Waals surface area (Å²) in [5.41, 5.74) is 0.929. The average Bonchev–Trinajstić information content (AvgIpc) is 2.99. The predicted molar refractivity (Wildman–Crippen MR) is 149 cm³/mol. The fraction of sp³-hybridized carbons (Fsp3) is 0.536. The van der Waals surface area contributed by atoms with E-state index in [2.05, 4.69) is 5.32 Å². The maximum absolute atomic E-state index is 11.9. The van der Waals surface area contributed by atoms with Crippen molar-refractivity contribution < 1.29 is 50.6 Å². The Bertz CT molecular complexity index is 1010. The third-order valence-corrected chi connectivity index (χ3v) is 6.41. The summed E-state index contributed by atoms with van der Waals surface area (Å²) in [5, 5.41) is 2.63. The van der Waals surface area contributed by atoms with Crippen LogP contribution in [0.25, 0.3) is 0 Å². The lowest BCUT2D eigenvalue weighted by Gasteiger charge is -2.09. The summed E-state index contributed by atoms with van der Waals surface area (Å²) in [5.74, 6) is 0. The second kappa shape index (κ2) is 23.0. The molecule has 2 rings (SSSR count). The van der Waals surface area contributed by atoms with Gasteiger partial charge >= 0.3 is 6.09 Å². The van der Waals surface area contributed by atoms with Gasteiger partial charge in [0, 0.05) is 6.54 Å². The van der Waals surface area contributed by atoms with Gasteiger partial charge in [0.15, 0.2) is 0 Å². The van der Waals surface area contributed by atoms with Crippen molar-refractivity contribution in [2.45, 2.75) is 11.5 Å². The molecule has 12 nitrogen and oxygen atoms in total. The lowest BCUT2D eigenvalue weighted by Crippen LogP contribution is -2.28. The molecule has 0 saturated carbocycles. The van der Waals surface area contributed by atoms with Crippen molar-refractivity contribution in [1.29, 1.82) is 0 Å². The number of ether oxygens (including phenoxy) is 7. The number of alkyl carbamates (subject to hydrolysis) is 1. The third kappa shape index (κ3) is 18.4. The highest BCUT2D eigenvalue weighted by atomic mass is 32.2. The van der Waals surface area contributed by atoms with Crippen LogP contribution in [-0.2, 0) is 54.1 Å². The molecule has 0 atom stereocenters. The normalized spacial score (nSPS) is 11.4. The van der Waals surface area contributed by atoms with E-state index < -0.39 is 16.2 Å². The molecular weight excluding hydrogens is 558 g/mol. The van der Waals surface area contributed by atoms with E-state index in [1.807, 2.05) is 30.3 Å². The summed E-state index contributed by atoms with van der Waals surface area (Å²) in [4.78, 5) is 11.7. The summed E-state index contributed by atoms with van der Waals surface area (Å²) >= 11 is 0. The molecule has 0 aliphatic heterocycles. The minimum atomic E-state index is -3.76. The summed E-state index contributed by atoms with van der Waals surface area (Å²) in [6.07, 6.45) is -0.480. The molecule has 0 spiro atoms. The average molecular weight is 600 g/mol. The maximum Gasteiger partial charge on any atom is 0.407 e. The molecule has 2 aromatic carbocycles. The fourth-order valence-corrected chi connectivity index (χ4v) is 3.97. The van der Waals surface area contributed by atoms with E-state index in [4.69, 9.17) is 37.3 Å². The Labute approximate surface area is 242 Å². The summed E-state index contributed by atoms with van der Waals surface area (Å²) in [6.45, 7) is 5.18. The second-order valence-electron chi connectivity index (χ2n) is 8.25. The van der Waals surface area contributed by atoms with Crippen LogP contribution in [0.4, 0.5) is 4.79 Å². The number of hydrogen-bond donors (Lipinski definition) is 1. The zero-order chi connectivity index (χ0) is 29.3. The Balaban J connectivity index is 1.23. The van der Waals surface area contributed by atoms with Crippen molar-refractivity contribution >= 4 is 16.2 Å². The van der Waals surface area contributed by atoms with Gasteiger partial charge in [0.25, 0.3) is 10.1 Å². The van der Waals surface area contributed by atoms with E-state index >= 15 is 0 Å². The van der Waals surface area contributed by atoms with Crippen LogP contribution in [0, 0.1) is 0 Å². The smallest absolute Gasteiger partial charge is 0.407 e. The fourth-order valence-electron chi connectivity index (χ4n) is 3.06. The van der Waals surface area contributed by atoms with E-state index in [0.717, 1.165) is 5.56 Å². The maximum atomic E-state index is 11.9. The molecule has 1 amide bonds. The van der Waals surface area contributed by atoms with Crippen molar-refractivity contribution in [2.24, 2.45) is 0 Å². The van der Waals surface area contributed by atoms with Crippen LogP contribution >= 0.6 is 0 Å². The highest BCUT2D eigenvalue weighted by Gasteiger charge is 2.13. The molecule has 13 heteroatoms. The molecule has 0 aliphatic rings. The summed E-state index contributed by atoms with van der Waals surface area (Å²) < 4.78 is 66.3. The molecule has 0 bridgehead atoms. The molecule has 0 heterocycles. The number of nitrogens with one attached hydrogen (secondary N) is 1. The van der Waals surface area contributed by atoms with Crippen molar-refractivity contribution in [3.05, 3.63) is 66.2 Å². The molecule has 230 valence electrons. The van der Waals surface area contributed by atoms with Crippen molar-refractivity contribution in [3.63, 3.8) is 0 Å². The van der Waals surface area contributed by atoms with Crippen molar-refractivity contribution in [3.8, 4) is 0 Å². The SMILES string of the molecule is O=C(NCCOCCOCCOCCOCCOCCOCCOS(=O)(=O)c1ccccc1)OCc1ccccc1. The number of rotatable bonds is 25. The number of benzene rings is 2. The largest absolute Gasteiger partial charge is 0.445 e. The van der Waals surface area contributed by atoms with Gasteiger partial charge in [-0.1, -0.05) is 48.5 Å². The van der Waals surface area contributed by atoms with Crippen molar-refractivity contribution in [1.82, 2.24) is 5.32 Å². The van der Waals surface area contributed by atoms with E-state index in [1.165, 1.54) is 12.1 Å².